The first-order valence-corrected chi connectivity index (χ1v) is 7.92. The summed E-state index contributed by atoms with van der Waals surface area (Å²) in [7, 11) is 0. The molecule has 6 heteroatoms. The van der Waals surface area contributed by atoms with Crippen molar-refractivity contribution in [2.24, 2.45) is 0 Å². The lowest BCUT2D eigenvalue weighted by atomic mass is 9.92. The van der Waals surface area contributed by atoms with Crippen molar-refractivity contribution in [3.05, 3.63) is 30.6 Å². The number of nitrogens with one attached hydrogen (secondary N) is 1. The van der Waals surface area contributed by atoms with Crippen molar-refractivity contribution in [1.82, 2.24) is 20.0 Å². The second kappa shape index (κ2) is 8.10. The molecule has 0 aromatic carbocycles. The quantitative estimate of drug-likeness (QED) is 0.729. The van der Waals surface area contributed by atoms with Gasteiger partial charge in [0.1, 0.15) is 0 Å². The Labute approximate surface area is 131 Å². The summed E-state index contributed by atoms with van der Waals surface area (Å²) < 4.78 is 1.89. The molecule has 2 heterocycles. The predicted molar refractivity (Wildman–Crippen MR) is 85.5 cm³/mol. The van der Waals surface area contributed by atoms with Crippen molar-refractivity contribution in [2.75, 3.05) is 26.2 Å². The summed E-state index contributed by atoms with van der Waals surface area (Å²) in [5, 5.41) is 16.2. The first kappa shape index (κ1) is 16.7. The topological polar surface area (TPSA) is 70.4 Å². The van der Waals surface area contributed by atoms with Crippen molar-refractivity contribution in [2.45, 2.75) is 38.3 Å². The summed E-state index contributed by atoms with van der Waals surface area (Å²) in [5.74, 6) is 0.511. The zero-order valence-corrected chi connectivity index (χ0v) is 13.2. The molecule has 1 aliphatic rings. The molecule has 1 amide bonds. The van der Waals surface area contributed by atoms with Gasteiger partial charge in [-0.25, -0.2) is 0 Å². The van der Waals surface area contributed by atoms with E-state index in [0.29, 0.717) is 19.0 Å². The number of piperidine rings is 1. The second-order valence-electron chi connectivity index (χ2n) is 5.72. The van der Waals surface area contributed by atoms with E-state index in [1.54, 1.807) is 12.3 Å². The lowest BCUT2D eigenvalue weighted by Crippen LogP contribution is -2.48. The van der Waals surface area contributed by atoms with Crippen LogP contribution in [-0.4, -0.2) is 58.0 Å². The van der Waals surface area contributed by atoms with E-state index in [-0.39, 0.29) is 18.6 Å². The number of hydrogen-bond acceptors (Lipinski definition) is 4. The van der Waals surface area contributed by atoms with E-state index in [9.17, 15) is 4.79 Å². The van der Waals surface area contributed by atoms with Crippen LogP contribution in [0.2, 0.25) is 0 Å². The molecule has 0 saturated carbocycles. The van der Waals surface area contributed by atoms with E-state index in [2.05, 4.69) is 21.9 Å². The van der Waals surface area contributed by atoms with Gasteiger partial charge in [0.15, 0.2) is 0 Å². The fraction of sp³-hybridized carbons (Fsp3) is 0.625. The van der Waals surface area contributed by atoms with Crippen molar-refractivity contribution in [3.63, 3.8) is 0 Å². The van der Waals surface area contributed by atoms with Crippen LogP contribution in [0.5, 0.6) is 0 Å². The maximum Gasteiger partial charge on any atom is 0.237 e. The summed E-state index contributed by atoms with van der Waals surface area (Å²) in [6.45, 7) is 8.53. The van der Waals surface area contributed by atoms with Crippen LogP contribution >= 0.6 is 0 Å². The van der Waals surface area contributed by atoms with Crippen molar-refractivity contribution < 1.29 is 9.90 Å². The molecule has 122 valence electrons. The van der Waals surface area contributed by atoms with Gasteiger partial charge in [-0.1, -0.05) is 6.08 Å². The molecule has 2 N–H and O–H groups in total. The highest BCUT2D eigenvalue weighted by Crippen LogP contribution is 2.28. The van der Waals surface area contributed by atoms with E-state index >= 15 is 0 Å². The Hall–Kier alpha value is -1.66. The number of nitrogens with zero attached hydrogens (tertiary/aromatic N) is 3. The summed E-state index contributed by atoms with van der Waals surface area (Å²) in [6, 6.07) is 1.93. The van der Waals surface area contributed by atoms with E-state index in [1.165, 1.54) is 5.69 Å². The third-order valence-corrected chi connectivity index (χ3v) is 4.36. The molecule has 1 unspecified atom stereocenters. The minimum Gasteiger partial charge on any atom is -0.394 e. The van der Waals surface area contributed by atoms with Crippen LogP contribution in [0.1, 0.15) is 31.4 Å². The molecule has 1 aliphatic heterocycles. The van der Waals surface area contributed by atoms with Gasteiger partial charge in [0.05, 0.1) is 19.2 Å². The second-order valence-corrected chi connectivity index (χ2v) is 5.72. The number of carbonyl (C=O) groups excluding carboxylic acids is 1. The Morgan fingerprint density at radius 1 is 1.59 bits per heavy atom. The largest absolute Gasteiger partial charge is 0.394 e. The number of amides is 1. The third kappa shape index (κ3) is 3.96. The van der Waals surface area contributed by atoms with Crippen LogP contribution in [0.25, 0.3) is 0 Å². The van der Waals surface area contributed by atoms with Crippen LogP contribution in [0.15, 0.2) is 24.9 Å². The fourth-order valence-corrected chi connectivity index (χ4v) is 3.04. The number of aliphatic hydroxyl groups excluding tert-OH is 1. The molecule has 0 radical (unpaired) electrons. The third-order valence-electron chi connectivity index (χ3n) is 4.36. The van der Waals surface area contributed by atoms with Crippen molar-refractivity contribution in [3.8, 4) is 0 Å². The standard InChI is InChI=1S/C16H26N4O2/c1-3-7-17-16(22)13(2)19-9-5-14(6-10-19)15-4-8-18-20(15)11-12-21/h3-4,8,13-14,21H,1,5-7,9-12H2,2H3,(H,17,22). The zero-order chi connectivity index (χ0) is 15.9. The lowest BCUT2D eigenvalue weighted by Gasteiger charge is -2.35. The smallest absolute Gasteiger partial charge is 0.237 e. The number of aliphatic hydroxyl groups is 1. The molecule has 1 saturated heterocycles. The SMILES string of the molecule is C=CCNC(=O)C(C)N1CCC(c2ccnn2CCO)CC1. The molecule has 0 aliphatic carbocycles. The monoisotopic (exact) mass is 306 g/mol. The molecule has 0 spiro atoms. The average molecular weight is 306 g/mol. The van der Waals surface area contributed by atoms with Gasteiger partial charge >= 0.3 is 0 Å². The minimum atomic E-state index is -0.108. The Balaban J connectivity index is 1.88. The maximum atomic E-state index is 12.0. The van der Waals surface area contributed by atoms with Crippen LogP contribution in [0, 0.1) is 0 Å². The summed E-state index contributed by atoms with van der Waals surface area (Å²) in [5.41, 5.74) is 1.19. The van der Waals surface area contributed by atoms with E-state index in [4.69, 9.17) is 5.11 Å². The van der Waals surface area contributed by atoms with Gasteiger partial charge in [-0.05, 0) is 38.9 Å². The van der Waals surface area contributed by atoms with Crippen molar-refractivity contribution in [1.29, 1.82) is 0 Å². The Bertz CT molecular complexity index is 492. The molecule has 1 fully saturated rings. The molecule has 2 rings (SSSR count). The number of rotatable bonds is 7. The maximum absolute atomic E-state index is 12.0. The number of hydrogen-bond donors (Lipinski definition) is 2. The molecule has 1 aromatic rings. The number of likely N-dealkylation sites (tertiary alicyclic amines) is 1. The Kier molecular flexibility index (Phi) is 6.15. The molecule has 22 heavy (non-hydrogen) atoms. The first-order valence-electron chi connectivity index (χ1n) is 7.92. The van der Waals surface area contributed by atoms with E-state index in [1.807, 2.05) is 17.7 Å². The van der Waals surface area contributed by atoms with Gasteiger partial charge in [0.25, 0.3) is 0 Å². The van der Waals surface area contributed by atoms with Crippen LogP contribution in [-0.2, 0) is 11.3 Å². The molecule has 0 bridgehead atoms. The highest BCUT2D eigenvalue weighted by molar-refractivity contribution is 5.81. The first-order chi connectivity index (χ1) is 10.7. The molecule has 6 nitrogen and oxygen atoms in total. The van der Waals surface area contributed by atoms with Gasteiger partial charge in [-0.2, -0.15) is 5.10 Å². The predicted octanol–water partition coefficient (Wildman–Crippen LogP) is 0.745. The van der Waals surface area contributed by atoms with Gasteiger partial charge in [0.2, 0.25) is 5.91 Å². The lowest BCUT2D eigenvalue weighted by molar-refractivity contribution is -0.126. The van der Waals surface area contributed by atoms with Crippen LogP contribution < -0.4 is 5.32 Å². The summed E-state index contributed by atoms with van der Waals surface area (Å²) in [6.07, 6.45) is 5.51. The summed E-state index contributed by atoms with van der Waals surface area (Å²) in [4.78, 5) is 14.2. The summed E-state index contributed by atoms with van der Waals surface area (Å²) >= 11 is 0. The Morgan fingerprint density at radius 3 is 2.95 bits per heavy atom. The molecule has 1 aromatic heterocycles. The highest BCUT2D eigenvalue weighted by Gasteiger charge is 2.28. The number of aromatic nitrogens is 2. The fourth-order valence-electron chi connectivity index (χ4n) is 3.04. The highest BCUT2D eigenvalue weighted by atomic mass is 16.3. The Morgan fingerprint density at radius 2 is 2.32 bits per heavy atom. The molecular formula is C16H26N4O2. The van der Waals surface area contributed by atoms with Gasteiger partial charge in [-0.3, -0.25) is 14.4 Å². The van der Waals surface area contributed by atoms with Gasteiger partial charge < -0.3 is 10.4 Å². The van der Waals surface area contributed by atoms with Crippen LogP contribution in [0.4, 0.5) is 0 Å². The molecule has 1 atom stereocenters. The van der Waals surface area contributed by atoms with E-state index in [0.717, 1.165) is 25.9 Å². The van der Waals surface area contributed by atoms with Gasteiger partial charge in [0, 0.05) is 24.4 Å². The normalized spacial score (nSPS) is 18.1. The minimum absolute atomic E-state index is 0.0590. The van der Waals surface area contributed by atoms with Crippen LogP contribution in [0.3, 0.4) is 0 Å². The van der Waals surface area contributed by atoms with E-state index < -0.39 is 0 Å². The number of carbonyl (C=O) groups is 1. The zero-order valence-electron chi connectivity index (χ0n) is 13.2. The van der Waals surface area contributed by atoms with Gasteiger partial charge in [-0.15, -0.1) is 6.58 Å². The average Bonchev–Trinajstić information content (AvgIpc) is 3.00. The molecular weight excluding hydrogens is 280 g/mol. The van der Waals surface area contributed by atoms with Crippen molar-refractivity contribution >= 4 is 5.91 Å².